The molecule has 1 aromatic rings. The molecule has 2 heterocycles. The number of nitrogens with zero attached hydrogens (tertiary/aromatic N) is 1. The minimum atomic E-state index is -1.07. The van der Waals surface area contributed by atoms with Gasteiger partial charge in [-0.3, -0.25) is 14.3 Å². The number of hydrogen-bond donors (Lipinski definition) is 1. The maximum absolute atomic E-state index is 13.5. The largest absolute Gasteiger partial charge is 0.351 e. The van der Waals surface area contributed by atoms with Crippen LogP contribution in [0.4, 0.5) is 4.39 Å². The lowest BCUT2D eigenvalue weighted by molar-refractivity contribution is 0.00300. The number of aryl methyl sites for hydroxylation is 1. The lowest BCUT2D eigenvalue weighted by Gasteiger charge is -2.14. The molecule has 1 saturated heterocycles. The first-order valence-corrected chi connectivity index (χ1v) is 6.73. The SMILES string of the molecule is Cc1cn(C2C[C@H](F)[C@@H](CI)O2)c(=O)[nH]c1=O. The average molecular weight is 354 g/mol. The maximum atomic E-state index is 13.5. The molecule has 94 valence electrons. The van der Waals surface area contributed by atoms with Crippen molar-refractivity contribution in [3.8, 4) is 0 Å². The fourth-order valence-electron chi connectivity index (χ4n) is 1.80. The zero-order valence-corrected chi connectivity index (χ0v) is 11.3. The molecule has 0 amide bonds. The van der Waals surface area contributed by atoms with Gasteiger partial charge in [0.1, 0.15) is 18.5 Å². The Balaban J connectivity index is 2.34. The fourth-order valence-corrected chi connectivity index (χ4v) is 2.56. The molecule has 0 aromatic carbocycles. The van der Waals surface area contributed by atoms with Crippen LogP contribution in [0.25, 0.3) is 0 Å². The van der Waals surface area contributed by atoms with Crippen molar-refractivity contribution in [1.82, 2.24) is 9.55 Å². The Morgan fingerprint density at radius 3 is 2.94 bits per heavy atom. The molecular formula is C10H12FIN2O3. The van der Waals surface area contributed by atoms with Gasteiger partial charge in [-0.2, -0.15) is 0 Å². The number of halogens is 2. The fraction of sp³-hybridized carbons (Fsp3) is 0.600. The van der Waals surface area contributed by atoms with Gasteiger partial charge in [-0.1, -0.05) is 22.6 Å². The second-order valence-corrected chi connectivity index (χ2v) is 4.89. The average Bonchev–Trinajstić information content (AvgIpc) is 2.65. The predicted octanol–water partition coefficient (Wildman–Crippen LogP) is 0.906. The maximum Gasteiger partial charge on any atom is 0.330 e. The number of ether oxygens (including phenoxy) is 1. The van der Waals surface area contributed by atoms with Crippen LogP contribution in [0.2, 0.25) is 0 Å². The normalized spacial score (nSPS) is 28.5. The number of rotatable bonds is 2. The molecule has 0 radical (unpaired) electrons. The molecule has 5 nitrogen and oxygen atoms in total. The molecule has 1 N–H and O–H groups in total. The van der Waals surface area contributed by atoms with E-state index in [0.29, 0.717) is 9.99 Å². The molecule has 3 atom stereocenters. The third kappa shape index (κ3) is 2.44. The molecule has 1 aliphatic rings. The minimum absolute atomic E-state index is 0.138. The molecule has 0 bridgehead atoms. The zero-order valence-electron chi connectivity index (χ0n) is 9.15. The molecule has 1 aromatic heterocycles. The Hall–Kier alpha value is -0.700. The van der Waals surface area contributed by atoms with Gasteiger partial charge in [0.15, 0.2) is 0 Å². The van der Waals surface area contributed by atoms with Gasteiger partial charge in [-0.25, -0.2) is 9.18 Å². The van der Waals surface area contributed by atoms with Gasteiger partial charge in [-0.05, 0) is 6.92 Å². The van der Waals surface area contributed by atoms with Gasteiger partial charge < -0.3 is 4.74 Å². The first-order valence-electron chi connectivity index (χ1n) is 5.20. The summed E-state index contributed by atoms with van der Waals surface area (Å²) in [7, 11) is 0. The van der Waals surface area contributed by atoms with Crippen LogP contribution in [0.5, 0.6) is 0 Å². The molecule has 1 fully saturated rings. The Bertz CT molecular complexity index is 527. The van der Waals surface area contributed by atoms with E-state index < -0.39 is 29.8 Å². The van der Waals surface area contributed by atoms with Crippen molar-refractivity contribution in [2.45, 2.75) is 31.8 Å². The third-order valence-electron chi connectivity index (χ3n) is 2.77. The van der Waals surface area contributed by atoms with E-state index in [9.17, 15) is 14.0 Å². The highest BCUT2D eigenvalue weighted by atomic mass is 127. The summed E-state index contributed by atoms with van der Waals surface area (Å²) in [5, 5.41) is 0. The highest BCUT2D eigenvalue weighted by molar-refractivity contribution is 14.1. The highest BCUT2D eigenvalue weighted by Crippen LogP contribution is 2.30. The highest BCUT2D eigenvalue weighted by Gasteiger charge is 2.36. The van der Waals surface area contributed by atoms with Crippen LogP contribution in [0, 0.1) is 6.92 Å². The van der Waals surface area contributed by atoms with Gasteiger partial charge in [0.25, 0.3) is 5.56 Å². The van der Waals surface area contributed by atoms with E-state index in [1.807, 2.05) is 22.6 Å². The smallest absolute Gasteiger partial charge is 0.330 e. The quantitative estimate of drug-likeness (QED) is 0.634. The zero-order chi connectivity index (χ0) is 12.6. The molecule has 1 aliphatic heterocycles. The van der Waals surface area contributed by atoms with Gasteiger partial charge >= 0.3 is 5.69 Å². The van der Waals surface area contributed by atoms with E-state index in [0.717, 1.165) is 0 Å². The lowest BCUT2D eigenvalue weighted by Crippen LogP contribution is -2.33. The predicted molar refractivity (Wildman–Crippen MR) is 68.4 cm³/mol. The number of aromatic nitrogens is 2. The Kier molecular flexibility index (Phi) is 3.67. The third-order valence-corrected chi connectivity index (χ3v) is 3.64. The van der Waals surface area contributed by atoms with Gasteiger partial charge in [0.05, 0.1) is 0 Å². The Morgan fingerprint density at radius 1 is 1.65 bits per heavy atom. The number of alkyl halides is 2. The molecule has 1 unspecified atom stereocenters. The van der Waals surface area contributed by atoms with Crippen LogP contribution in [-0.4, -0.2) is 26.3 Å². The van der Waals surface area contributed by atoms with Gasteiger partial charge in [0.2, 0.25) is 0 Å². The van der Waals surface area contributed by atoms with Crippen LogP contribution in [-0.2, 0) is 4.74 Å². The Morgan fingerprint density at radius 2 is 2.35 bits per heavy atom. The van der Waals surface area contributed by atoms with E-state index in [1.54, 1.807) is 6.92 Å². The molecular weight excluding hydrogens is 342 g/mol. The van der Waals surface area contributed by atoms with E-state index in [4.69, 9.17) is 4.74 Å². The molecule has 17 heavy (non-hydrogen) atoms. The molecule has 2 rings (SSSR count). The summed E-state index contributed by atoms with van der Waals surface area (Å²) in [6.45, 7) is 1.59. The van der Waals surface area contributed by atoms with E-state index >= 15 is 0 Å². The van der Waals surface area contributed by atoms with E-state index in [1.165, 1.54) is 10.8 Å². The molecule has 7 heteroatoms. The van der Waals surface area contributed by atoms with Crippen LogP contribution < -0.4 is 11.2 Å². The Labute approximate surface area is 110 Å². The first kappa shape index (κ1) is 12.7. The monoisotopic (exact) mass is 354 g/mol. The summed E-state index contributed by atoms with van der Waals surface area (Å²) < 4.78 is 20.7. The summed E-state index contributed by atoms with van der Waals surface area (Å²) >= 11 is 2.04. The lowest BCUT2D eigenvalue weighted by atomic mass is 10.2. The minimum Gasteiger partial charge on any atom is -0.351 e. The molecule has 0 saturated carbocycles. The summed E-state index contributed by atoms with van der Waals surface area (Å²) in [6.07, 6.45) is -0.642. The summed E-state index contributed by atoms with van der Waals surface area (Å²) in [4.78, 5) is 25.0. The number of H-pyrrole nitrogens is 1. The van der Waals surface area contributed by atoms with Crippen molar-refractivity contribution in [3.63, 3.8) is 0 Å². The molecule has 0 aliphatic carbocycles. The van der Waals surface area contributed by atoms with Crippen molar-refractivity contribution >= 4 is 22.6 Å². The van der Waals surface area contributed by atoms with Crippen LogP contribution in [0.3, 0.4) is 0 Å². The molecule has 0 spiro atoms. The van der Waals surface area contributed by atoms with Crippen LogP contribution in [0.15, 0.2) is 15.8 Å². The van der Waals surface area contributed by atoms with Gasteiger partial charge in [0, 0.05) is 22.6 Å². The van der Waals surface area contributed by atoms with E-state index in [-0.39, 0.29) is 6.42 Å². The van der Waals surface area contributed by atoms with Crippen LogP contribution >= 0.6 is 22.6 Å². The topological polar surface area (TPSA) is 64.1 Å². The number of nitrogens with one attached hydrogen (secondary N) is 1. The summed E-state index contributed by atoms with van der Waals surface area (Å²) in [5.74, 6) is 0. The first-order chi connectivity index (χ1) is 8.02. The van der Waals surface area contributed by atoms with Crippen molar-refractivity contribution in [2.24, 2.45) is 0 Å². The summed E-state index contributed by atoms with van der Waals surface area (Å²) in [6, 6.07) is 0. The van der Waals surface area contributed by atoms with Crippen LogP contribution in [0.1, 0.15) is 18.2 Å². The second-order valence-electron chi connectivity index (χ2n) is 4.01. The number of aromatic amines is 1. The number of hydrogen-bond acceptors (Lipinski definition) is 3. The van der Waals surface area contributed by atoms with Crippen molar-refractivity contribution < 1.29 is 9.13 Å². The summed E-state index contributed by atoms with van der Waals surface area (Å²) in [5.41, 5.74) is -0.583. The van der Waals surface area contributed by atoms with Crippen molar-refractivity contribution in [2.75, 3.05) is 4.43 Å². The standard InChI is InChI=1S/C10H12FIN2O3/c1-5-4-14(10(16)13-9(5)15)8-2-6(11)7(3-12)17-8/h4,6-8H,2-3H2,1H3,(H,13,15,16)/t6-,7+,8?/m0/s1. The second kappa shape index (κ2) is 4.89. The van der Waals surface area contributed by atoms with E-state index in [2.05, 4.69) is 4.98 Å². The van der Waals surface area contributed by atoms with Gasteiger partial charge in [-0.15, -0.1) is 0 Å². The van der Waals surface area contributed by atoms with Crippen molar-refractivity contribution in [1.29, 1.82) is 0 Å². The van der Waals surface area contributed by atoms with Crippen molar-refractivity contribution in [3.05, 3.63) is 32.6 Å².